The molecule has 8 aromatic rings. The van der Waals surface area contributed by atoms with Gasteiger partial charge in [-0.25, -0.2) is 0 Å². The SMILES string of the molecule is Cc1ccc(N(c2ccc(C)cc2)c2ccc(/C=C/C=C/c3ccc(-c4ccc(/C=C/C=C/c5ccc(N(c6ccc(C)cc6)c6ccc(C)cc6)cc5)cc4)cc3)cc2)cc1. The number of aryl methyl sites for hydroxylation is 4. The van der Waals surface area contributed by atoms with Crippen molar-refractivity contribution in [2.24, 2.45) is 0 Å². The van der Waals surface area contributed by atoms with Gasteiger partial charge in [0.15, 0.2) is 0 Å². The van der Waals surface area contributed by atoms with Crippen LogP contribution in [0.1, 0.15) is 44.5 Å². The Bertz CT molecular complexity index is 2500. The number of benzene rings is 8. The highest BCUT2D eigenvalue weighted by atomic mass is 15.1. The van der Waals surface area contributed by atoms with Crippen LogP contribution >= 0.6 is 0 Å². The topological polar surface area (TPSA) is 6.48 Å². The zero-order valence-corrected chi connectivity index (χ0v) is 36.0. The molecule has 0 saturated heterocycles. The third-order valence-electron chi connectivity index (χ3n) is 11.0. The van der Waals surface area contributed by atoms with Crippen LogP contribution in [0.2, 0.25) is 0 Å². The van der Waals surface area contributed by atoms with Gasteiger partial charge in [0.1, 0.15) is 0 Å². The van der Waals surface area contributed by atoms with E-state index in [-0.39, 0.29) is 0 Å². The Kier molecular flexibility index (Phi) is 13.0. The smallest absolute Gasteiger partial charge is 0.0462 e. The molecule has 0 bridgehead atoms. The van der Waals surface area contributed by atoms with Gasteiger partial charge in [-0.05, 0) is 134 Å². The standard InChI is InChI=1S/C60H52N2/c1-45-13-33-55(34-14-45)61(56-35-15-46(2)16-36-56)59-41-25-51(26-42-59)11-7-5-9-49-21-29-53(30-22-49)54-31-23-50(24-32-54)10-6-8-12-52-27-43-60(44-28-52)62(57-37-17-47(3)18-38-57)58-39-19-48(4)20-40-58/h5-44H,1-4H3/b9-5+,10-6+,11-7+,12-8+. The van der Waals surface area contributed by atoms with Crippen LogP contribution in [-0.4, -0.2) is 0 Å². The lowest BCUT2D eigenvalue weighted by molar-refractivity contribution is 1.27. The number of nitrogens with zero attached hydrogens (tertiary/aromatic N) is 2. The maximum Gasteiger partial charge on any atom is 0.0462 e. The summed E-state index contributed by atoms with van der Waals surface area (Å²) >= 11 is 0. The quantitative estimate of drug-likeness (QED) is 0.107. The minimum atomic E-state index is 1.13. The van der Waals surface area contributed by atoms with E-state index in [9.17, 15) is 0 Å². The normalized spacial score (nSPS) is 11.6. The molecule has 0 heterocycles. The Morgan fingerprint density at radius 1 is 0.226 bits per heavy atom. The van der Waals surface area contributed by atoms with E-state index in [4.69, 9.17) is 0 Å². The fourth-order valence-electron chi connectivity index (χ4n) is 7.38. The number of allylic oxidation sites excluding steroid dienone is 4. The second-order valence-corrected chi connectivity index (χ2v) is 15.9. The van der Waals surface area contributed by atoms with Crippen molar-refractivity contribution in [3.63, 3.8) is 0 Å². The summed E-state index contributed by atoms with van der Waals surface area (Å²) in [5, 5.41) is 0. The first-order valence-corrected chi connectivity index (χ1v) is 21.3. The lowest BCUT2D eigenvalue weighted by atomic mass is 10.0. The van der Waals surface area contributed by atoms with Crippen molar-refractivity contribution in [3.8, 4) is 11.1 Å². The van der Waals surface area contributed by atoms with E-state index in [2.05, 4.69) is 280 Å². The average Bonchev–Trinajstić information content (AvgIpc) is 3.31. The van der Waals surface area contributed by atoms with E-state index in [1.807, 2.05) is 0 Å². The summed E-state index contributed by atoms with van der Waals surface area (Å²) in [6, 6.07) is 69.7. The number of hydrogen-bond acceptors (Lipinski definition) is 2. The van der Waals surface area contributed by atoms with Crippen LogP contribution in [0.25, 0.3) is 35.4 Å². The van der Waals surface area contributed by atoms with E-state index in [1.54, 1.807) is 0 Å². The van der Waals surface area contributed by atoms with Crippen LogP contribution in [0.15, 0.2) is 218 Å². The van der Waals surface area contributed by atoms with E-state index >= 15 is 0 Å². The van der Waals surface area contributed by atoms with Gasteiger partial charge in [0.05, 0.1) is 0 Å². The molecule has 62 heavy (non-hydrogen) atoms. The van der Waals surface area contributed by atoms with Crippen molar-refractivity contribution < 1.29 is 0 Å². The van der Waals surface area contributed by atoms with Crippen LogP contribution in [-0.2, 0) is 0 Å². The fourth-order valence-corrected chi connectivity index (χ4v) is 7.38. The van der Waals surface area contributed by atoms with Crippen LogP contribution < -0.4 is 9.80 Å². The molecule has 0 unspecified atom stereocenters. The maximum absolute atomic E-state index is 2.30. The molecule has 0 aliphatic heterocycles. The summed E-state index contributed by atoms with van der Waals surface area (Å²) in [5.74, 6) is 0. The van der Waals surface area contributed by atoms with Gasteiger partial charge in [0, 0.05) is 34.1 Å². The van der Waals surface area contributed by atoms with Gasteiger partial charge >= 0.3 is 0 Å². The van der Waals surface area contributed by atoms with Crippen molar-refractivity contribution in [1.29, 1.82) is 0 Å². The van der Waals surface area contributed by atoms with Crippen LogP contribution in [0.5, 0.6) is 0 Å². The zero-order chi connectivity index (χ0) is 42.7. The van der Waals surface area contributed by atoms with Gasteiger partial charge in [-0.15, -0.1) is 0 Å². The fraction of sp³-hybridized carbons (Fsp3) is 0.0667. The molecular weight excluding hydrogens is 749 g/mol. The van der Waals surface area contributed by atoms with Gasteiger partial charge in [-0.3, -0.25) is 0 Å². The highest BCUT2D eigenvalue weighted by Crippen LogP contribution is 2.36. The second kappa shape index (κ2) is 19.6. The van der Waals surface area contributed by atoms with Crippen molar-refractivity contribution in [3.05, 3.63) is 263 Å². The van der Waals surface area contributed by atoms with Crippen molar-refractivity contribution in [2.75, 3.05) is 9.80 Å². The molecule has 0 radical (unpaired) electrons. The average molecular weight is 801 g/mol. The molecule has 0 saturated carbocycles. The monoisotopic (exact) mass is 800 g/mol. The van der Waals surface area contributed by atoms with Gasteiger partial charge < -0.3 is 9.80 Å². The van der Waals surface area contributed by atoms with E-state index < -0.39 is 0 Å². The minimum Gasteiger partial charge on any atom is -0.311 e. The molecule has 0 aromatic heterocycles. The van der Waals surface area contributed by atoms with Crippen molar-refractivity contribution in [1.82, 2.24) is 0 Å². The third-order valence-corrected chi connectivity index (χ3v) is 11.0. The maximum atomic E-state index is 2.30. The lowest BCUT2D eigenvalue weighted by Crippen LogP contribution is -2.09. The molecule has 8 aromatic carbocycles. The first-order valence-electron chi connectivity index (χ1n) is 21.3. The Balaban J connectivity index is 0.849. The summed E-state index contributed by atoms with van der Waals surface area (Å²) < 4.78 is 0. The summed E-state index contributed by atoms with van der Waals surface area (Å²) in [6.45, 7) is 8.49. The largest absolute Gasteiger partial charge is 0.311 e. The van der Waals surface area contributed by atoms with Gasteiger partial charge in [-0.1, -0.05) is 192 Å². The number of rotatable bonds is 13. The highest BCUT2D eigenvalue weighted by Gasteiger charge is 2.13. The van der Waals surface area contributed by atoms with Crippen LogP contribution in [0.3, 0.4) is 0 Å². The molecule has 0 fully saturated rings. The second-order valence-electron chi connectivity index (χ2n) is 15.9. The Labute approximate surface area is 368 Å². The van der Waals surface area contributed by atoms with Crippen LogP contribution in [0, 0.1) is 27.7 Å². The van der Waals surface area contributed by atoms with Crippen molar-refractivity contribution in [2.45, 2.75) is 27.7 Å². The molecule has 0 amide bonds. The van der Waals surface area contributed by atoms with E-state index in [1.165, 1.54) is 33.4 Å². The molecule has 0 spiro atoms. The Morgan fingerprint density at radius 3 is 0.613 bits per heavy atom. The number of anilines is 6. The molecule has 0 atom stereocenters. The molecule has 8 rings (SSSR count). The van der Waals surface area contributed by atoms with Gasteiger partial charge in [0.2, 0.25) is 0 Å². The lowest BCUT2D eigenvalue weighted by Gasteiger charge is -2.25. The highest BCUT2D eigenvalue weighted by molar-refractivity contribution is 5.79. The summed E-state index contributed by atoms with van der Waals surface area (Å²) in [5.41, 5.74) is 18.9. The van der Waals surface area contributed by atoms with Gasteiger partial charge in [0.25, 0.3) is 0 Å². The first kappa shape index (κ1) is 41.1. The molecule has 0 N–H and O–H groups in total. The number of hydrogen-bond donors (Lipinski definition) is 0. The predicted molar refractivity (Wildman–Crippen MR) is 269 cm³/mol. The van der Waals surface area contributed by atoms with Crippen molar-refractivity contribution >= 4 is 58.4 Å². The van der Waals surface area contributed by atoms with E-state index in [0.29, 0.717) is 0 Å². The molecule has 2 heteroatoms. The first-order chi connectivity index (χ1) is 30.3. The Hall–Kier alpha value is -7.68. The zero-order valence-electron chi connectivity index (χ0n) is 36.0. The third kappa shape index (κ3) is 10.5. The minimum absolute atomic E-state index is 1.13. The summed E-state index contributed by atoms with van der Waals surface area (Å²) in [6.07, 6.45) is 17.0. The molecule has 0 aliphatic carbocycles. The molecule has 2 nitrogen and oxygen atoms in total. The molecular formula is C60H52N2. The molecule has 0 aliphatic rings. The Morgan fingerprint density at radius 2 is 0.403 bits per heavy atom. The van der Waals surface area contributed by atoms with E-state index in [0.717, 1.165) is 56.4 Å². The summed E-state index contributed by atoms with van der Waals surface area (Å²) in [4.78, 5) is 4.60. The summed E-state index contributed by atoms with van der Waals surface area (Å²) in [7, 11) is 0. The van der Waals surface area contributed by atoms with Gasteiger partial charge in [-0.2, -0.15) is 0 Å². The van der Waals surface area contributed by atoms with Crippen LogP contribution in [0.4, 0.5) is 34.1 Å². The predicted octanol–water partition coefficient (Wildman–Crippen LogP) is 17.0. The molecule has 302 valence electrons.